The molecule has 1 aromatic carbocycles. The highest BCUT2D eigenvalue weighted by atomic mass is 16.5. The maximum absolute atomic E-state index is 11.8. The molecular formula is C14H20N2O3. The van der Waals surface area contributed by atoms with Gasteiger partial charge in [0.25, 0.3) is 0 Å². The lowest BCUT2D eigenvalue weighted by Gasteiger charge is -2.34. The first-order chi connectivity index (χ1) is 9.15. The fourth-order valence-electron chi connectivity index (χ4n) is 2.45. The molecule has 1 aliphatic rings. The lowest BCUT2D eigenvalue weighted by Crippen LogP contribution is -2.40. The van der Waals surface area contributed by atoms with Crippen LogP contribution in [0.5, 0.6) is 0 Å². The minimum Gasteiger partial charge on any atom is -0.465 e. The molecule has 0 spiro atoms. The maximum atomic E-state index is 11.8. The average Bonchev–Trinajstić information content (AvgIpc) is 2.46. The van der Waals surface area contributed by atoms with Crippen LogP contribution in [0, 0.1) is 0 Å². The number of esters is 1. The molecule has 2 N–H and O–H groups in total. The maximum Gasteiger partial charge on any atom is 0.340 e. The van der Waals surface area contributed by atoms with Crippen molar-refractivity contribution in [2.45, 2.75) is 18.9 Å². The Morgan fingerprint density at radius 1 is 1.42 bits per heavy atom. The van der Waals surface area contributed by atoms with Crippen molar-refractivity contribution in [3.63, 3.8) is 0 Å². The molecule has 1 aliphatic heterocycles. The normalized spacial score (nSPS) is 19.3. The van der Waals surface area contributed by atoms with Crippen LogP contribution in [0.2, 0.25) is 0 Å². The number of methoxy groups -OCH3 is 2. The summed E-state index contributed by atoms with van der Waals surface area (Å²) in [5, 5.41) is 0. The monoisotopic (exact) mass is 264 g/mol. The molecule has 1 aromatic rings. The molecule has 0 amide bonds. The fourth-order valence-corrected chi connectivity index (χ4v) is 2.45. The molecule has 0 aliphatic carbocycles. The van der Waals surface area contributed by atoms with Crippen LogP contribution in [0.1, 0.15) is 23.2 Å². The molecule has 0 bridgehead atoms. The number of ether oxygens (including phenoxy) is 2. The summed E-state index contributed by atoms with van der Waals surface area (Å²) in [5.74, 6) is -0.359. The second-order valence-corrected chi connectivity index (χ2v) is 4.71. The van der Waals surface area contributed by atoms with E-state index in [9.17, 15) is 4.79 Å². The Hall–Kier alpha value is -1.75. The third kappa shape index (κ3) is 2.98. The van der Waals surface area contributed by atoms with E-state index in [0.29, 0.717) is 11.3 Å². The zero-order valence-corrected chi connectivity index (χ0v) is 11.4. The Morgan fingerprint density at radius 3 is 2.89 bits per heavy atom. The van der Waals surface area contributed by atoms with Gasteiger partial charge in [0.1, 0.15) is 0 Å². The zero-order valence-electron chi connectivity index (χ0n) is 11.4. The first-order valence-electron chi connectivity index (χ1n) is 6.41. The van der Waals surface area contributed by atoms with Crippen LogP contribution in [0.15, 0.2) is 18.2 Å². The number of carbonyl (C=O) groups is 1. The van der Waals surface area contributed by atoms with E-state index in [1.54, 1.807) is 19.2 Å². The summed E-state index contributed by atoms with van der Waals surface area (Å²) < 4.78 is 10.2. The topological polar surface area (TPSA) is 64.8 Å². The van der Waals surface area contributed by atoms with Gasteiger partial charge in [-0.15, -0.1) is 0 Å². The van der Waals surface area contributed by atoms with Gasteiger partial charge in [-0.3, -0.25) is 0 Å². The van der Waals surface area contributed by atoms with E-state index in [1.165, 1.54) is 7.11 Å². The van der Waals surface area contributed by atoms with Gasteiger partial charge in [-0.25, -0.2) is 4.79 Å². The minimum atomic E-state index is -0.359. The molecule has 19 heavy (non-hydrogen) atoms. The SMILES string of the molecule is COC(=O)c1cc(N)ccc1N1CCCC(OC)C1. The van der Waals surface area contributed by atoms with Gasteiger partial charge in [-0.1, -0.05) is 0 Å². The van der Waals surface area contributed by atoms with Crippen LogP contribution in [-0.4, -0.2) is 39.4 Å². The number of carbonyl (C=O) groups excluding carboxylic acids is 1. The number of benzene rings is 1. The molecule has 1 unspecified atom stereocenters. The second-order valence-electron chi connectivity index (χ2n) is 4.71. The van der Waals surface area contributed by atoms with Crippen LogP contribution in [-0.2, 0) is 9.47 Å². The molecule has 2 rings (SSSR count). The third-order valence-electron chi connectivity index (χ3n) is 3.48. The standard InChI is InChI=1S/C14H20N2O3/c1-18-11-4-3-7-16(9-11)13-6-5-10(15)8-12(13)14(17)19-2/h5-6,8,11H,3-4,7,9,15H2,1-2H3. The summed E-state index contributed by atoms with van der Waals surface area (Å²) >= 11 is 0. The van der Waals surface area contributed by atoms with Crippen molar-refractivity contribution in [1.29, 1.82) is 0 Å². The third-order valence-corrected chi connectivity index (χ3v) is 3.48. The average molecular weight is 264 g/mol. The predicted octanol–water partition coefficient (Wildman–Crippen LogP) is 1.67. The van der Waals surface area contributed by atoms with Crippen LogP contribution in [0.25, 0.3) is 0 Å². The molecule has 1 fully saturated rings. The van der Waals surface area contributed by atoms with Crippen molar-refractivity contribution in [2.75, 3.05) is 37.9 Å². The highest BCUT2D eigenvalue weighted by Crippen LogP contribution is 2.27. The van der Waals surface area contributed by atoms with Crippen LogP contribution >= 0.6 is 0 Å². The highest BCUT2D eigenvalue weighted by Gasteiger charge is 2.23. The predicted molar refractivity (Wildman–Crippen MR) is 74.4 cm³/mol. The quantitative estimate of drug-likeness (QED) is 0.664. The molecule has 1 heterocycles. The van der Waals surface area contributed by atoms with Crippen molar-refractivity contribution in [3.05, 3.63) is 23.8 Å². The van der Waals surface area contributed by atoms with Crippen LogP contribution < -0.4 is 10.6 Å². The molecular weight excluding hydrogens is 244 g/mol. The van der Waals surface area contributed by atoms with Gasteiger partial charge < -0.3 is 20.1 Å². The van der Waals surface area contributed by atoms with Gasteiger partial charge in [0.2, 0.25) is 0 Å². The fraction of sp³-hybridized carbons (Fsp3) is 0.500. The number of nitrogen functional groups attached to an aromatic ring is 1. The molecule has 0 radical (unpaired) electrons. The van der Waals surface area contributed by atoms with Crippen molar-refractivity contribution in [2.24, 2.45) is 0 Å². The van der Waals surface area contributed by atoms with Crippen LogP contribution in [0.3, 0.4) is 0 Å². The molecule has 0 aromatic heterocycles. The van der Waals surface area contributed by atoms with Gasteiger partial charge in [0.15, 0.2) is 0 Å². The van der Waals surface area contributed by atoms with Gasteiger partial charge in [-0.2, -0.15) is 0 Å². The molecule has 5 heteroatoms. The van der Waals surface area contributed by atoms with Gasteiger partial charge in [0.05, 0.1) is 24.5 Å². The number of hydrogen-bond acceptors (Lipinski definition) is 5. The molecule has 1 saturated heterocycles. The number of nitrogens with two attached hydrogens (primary N) is 1. The van der Waals surface area contributed by atoms with Crippen LogP contribution in [0.4, 0.5) is 11.4 Å². The number of anilines is 2. The lowest BCUT2D eigenvalue weighted by molar-refractivity contribution is 0.0600. The first kappa shape index (κ1) is 13.7. The summed E-state index contributed by atoms with van der Waals surface area (Å²) in [4.78, 5) is 14.0. The zero-order chi connectivity index (χ0) is 13.8. The van der Waals surface area contributed by atoms with Gasteiger partial charge >= 0.3 is 5.97 Å². The van der Waals surface area contributed by atoms with E-state index in [-0.39, 0.29) is 12.1 Å². The van der Waals surface area contributed by atoms with E-state index in [4.69, 9.17) is 15.2 Å². The van der Waals surface area contributed by atoms with Gasteiger partial charge in [-0.05, 0) is 31.0 Å². The Morgan fingerprint density at radius 2 is 2.21 bits per heavy atom. The molecule has 0 saturated carbocycles. The Kier molecular flexibility index (Phi) is 4.27. The Labute approximate surface area is 113 Å². The smallest absolute Gasteiger partial charge is 0.340 e. The number of piperidine rings is 1. The minimum absolute atomic E-state index is 0.205. The Balaban J connectivity index is 2.30. The summed E-state index contributed by atoms with van der Waals surface area (Å²) in [6.45, 7) is 1.69. The lowest BCUT2D eigenvalue weighted by atomic mass is 10.0. The van der Waals surface area contributed by atoms with E-state index in [2.05, 4.69) is 4.90 Å². The summed E-state index contributed by atoms with van der Waals surface area (Å²) in [7, 11) is 3.10. The highest BCUT2D eigenvalue weighted by molar-refractivity contribution is 5.97. The van der Waals surface area contributed by atoms with Crippen molar-refractivity contribution in [3.8, 4) is 0 Å². The number of hydrogen-bond donors (Lipinski definition) is 1. The van der Waals surface area contributed by atoms with Gasteiger partial charge in [0, 0.05) is 25.9 Å². The Bertz CT molecular complexity index is 462. The summed E-state index contributed by atoms with van der Waals surface area (Å²) in [6.07, 6.45) is 2.30. The van der Waals surface area contributed by atoms with Crippen molar-refractivity contribution < 1.29 is 14.3 Å². The van der Waals surface area contributed by atoms with Crippen molar-refractivity contribution >= 4 is 17.3 Å². The van der Waals surface area contributed by atoms with Crippen molar-refractivity contribution in [1.82, 2.24) is 0 Å². The summed E-state index contributed by atoms with van der Waals surface area (Å²) in [5.41, 5.74) is 7.69. The molecule has 1 atom stereocenters. The van der Waals surface area contributed by atoms with E-state index in [1.807, 2.05) is 6.07 Å². The summed E-state index contributed by atoms with van der Waals surface area (Å²) in [6, 6.07) is 5.34. The van der Waals surface area contributed by atoms with E-state index < -0.39 is 0 Å². The van der Waals surface area contributed by atoms with E-state index >= 15 is 0 Å². The molecule has 104 valence electrons. The number of nitrogens with zero attached hydrogens (tertiary/aromatic N) is 1. The largest absolute Gasteiger partial charge is 0.465 e. The second kappa shape index (κ2) is 5.93. The molecule has 5 nitrogen and oxygen atoms in total. The number of rotatable bonds is 3. The van der Waals surface area contributed by atoms with E-state index in [0.717, 1.165) is 31.6 Å². The first-order valence-corrected chi connectivity index (χ1v) is 6.41.